The molecule has 1 aromatic rings. The van der Waals surface area contributed by atoms with Crippen molar-refractivity contribution in [3.63, 3.8) is 0 Å². The molecule has 0 aliphatic carbocycles. The van der Waals surface area contributed by atoms with Crippen LogP contribution in [0.15, 0.2) is 24.3 Å². The Morgan fingerprint density at radius 2 is 1.69 bits per heavy atom. The third kappa shape index (κ3) is 9.96. The molecule has 1 aliphatic heterocycles. The first-order chi connectivity index (χ1) is 18.2. The normalized spacial score (nSPS) is 17.8. The van der Waals surface area contributed by atoms with Gasteiger partial charge in [0.15, 0.2) is 5.78 Å². The lowest BCUT2D eigenvalue weighted by Gasteiger charge is -2.33. The molecule has 3 N–H and O–H groups in total. The first-order valence-electron chi connectivity index (χ1n) is 13.1. The Morgan fingerprint density at radius 1 is 1.05 bits per heavy atom. The maximum atomic E-state index is 13.4. The minimum absolute atomic E-state index is 0.0764. The summed E-state index contributed by atoms with van der Waals surface area (Å²) in [6.45, 7) is 11.1. The number of Topliss-reactive ketones (excluding diaryl/α,β-unsaturated/α-hetero) is 1. The number of carbonyl (C=O) groups excluding carboxylic acids is 5. The molecule has 0 spiro atoms. The molecule has 11 heteroatoms. The second kappa shape index (κ2) is 14.5. The fourth-order valence-electron chi connectivity index (χ4n) is 4.26. The molecule has 1 aromatic carbocycles. The van der Waals surface area contributed by atoms with Crippen LogP contribution in [-0.2, 0) is 30.3 Å². The van der Waals surface area contributed by atoms with Crippen LogP contribution in [0.1, 0.15) is 53.5 Å². The molecule has 39 heavy (non-hydrogen) atoms. The third-order valence-electron chi connectivity index (χ3n) is 6.25. The SMILES string of the molecule is CNC(=O)[C@@H](NC(=O)C(CC(C)C)C(OCCOc1ccc(CC2SC(=O)NC2=O)cc1)C(C)=O)C(C)(C)C. The van der Waals surface area contributed by atoms with Crippen LogP contribution in [0.4, 0.5) is 4.79 Å². The molecule has 0 radical (unpaired) electrons. The van der Waals surface area contributed by atoms with Gasteiger partial charge in [-0.1, -0.05) is 58.5 Å². The van der Waals surface area contributed by atoms with Crippen LogP contribution in [0.5, 0.6) is 5.75 Å². The summed E-state index contributed by atoms with van der Waals surface area (Å²) in [5, 5.41) is 6.94. The first kappa shape index (κ1) is 32.3. The molecule has 1 heterocycles. The van der Waals surface area contributed by atoms with Crippen molar-refractivity contribution < 1.29 is 33.4 Å². The number of carbonyl (C=O) groups is 5. The molecule has 216 valence electrons. The Labute approximate surface area is 234 Å². The zero-order valence-electron chi connectivity index (χ0n) is 23.8. The summed E-state index contributed by atoms with van der Waals surface area (Å²) in [4.78, 5) is 61.5. The zero-order valence-corrected chi connectivity index (χ0v) is 24.6. The summed E-state index contributed by atoms with van der Waals surface area (Å²) in [7, 11) is 1.52. The molecule has 0 saturated carbocycles. The Hall–Kier alpha value is -2.92. The van der Waals surface area contributed by atoms with Gasteiger partial charge in [0.25, 0.3) is 5.24 Å². The molecule has 0 aromatic heterocycles. The zero-order chi connectivity index (χ0) is 29.3. The van der Waals surface area contributed by atoms with Crippen molar-refractivity contribution in [3.05, 3.63) is 29.8 Å². The van der Waals surface area contributed by atoms with Crippen LogP contribution in [-0.4, -0.2) is 66.4 Å². The second-order valence-corrected chi connectivity index (χ2v) is 12.3. The molecule has 4 amide bonds. The van der Waals surface area contributed by atoms with E-state index in [0.717, 1.165) is 17.3 Å². The highest BCUT2D eigenvalue weighted by Crippen LogP contribution is 2.25. The van der Waals surface area contributed by atoms with Gasteiger partial charge in [0, 0.05) is 7.05 Å². The number of thioether (sulfide) groups is 1. The van der Waals surface area contributed by atoms with E-state index in [4.69, 9.17) is 9.47 Å². The van der Waals surface area contributed by atoms with Gasteiger partial charge in [0.1, 0.15) is 24.5 Å². The van der Waals surface area contributed by atoms with E-state index >= 15 is 0 Å². The predicted molar refractivity (Wildman–Crippen MR) is 149 cm³/mol. The van der Waals surface area contributed by atoms with E-state index in [2.05, 4.69) is 16.0 Å². The number of hydrogen-bond acceptors (Lipinski definition) is 8. The van der Waals surface area contributed by atoms with Crippen molar-refractivity contribution in [1.82, 2.24) is 16.0 Å². The predicted octanol–water partition coefficient (Wildman–Crippen LogP) is 2.87. The molecule has 1 fully saturated rings. The average Bonchev–Trinajstić information content (AvgIpc) is 3.16. The minimum Gasteiger partial charge on any atom is -0.491 e. The van der Waals surface area contributed by atoms with Gasteiger partial charge in [-0.15, -0.1) is 0 Å². The van der Waals surface area contributed by atoms with E-state index in [1.165, 1.54) is 14.0 Å². The quantitative estimate of drug-likeness (QED) is 0.294. The standard InChI is InChI=1S/C28H41N3O7S/c1-16(2)14-20(24(33)30-23(26(35)29-7)28(4,5)6)22(17(3)32)38-13-12-37-19-10-8-18(9-11-19)15-21-25(34)31-27(36)39-21/h8-11,16,20-23H,12-15H2,1-7H3,(H,29,35)(H,30,33)(H,31,34,36)/t20?,21?,22?,23-/m1/s1. The fraction of sp³-hybridized carbons (Fsp3) is 0.607. The van der Waals surface area contributed by atoms with Crippen molar-refractivity contribution in [2.75, 3.05) is 20.3 Å². The van der Waals surface area contributed by atoms with Crippen LogP contribution in [0.2, 0.25) is 0 Å². The van der Waals surface area contributed by atoms with Gasteiger partial charge in [0.2, 0.25) is 17.7 Å². The summed E-state index contributed by atoms with van der Waals surface area (Å²) in [6, 6.07) is 6.40. The summed E-state index contributed by atoms with van der Waals surface area (Å²) in [6.07, 6.45) is -0.144. The first-order valence-corrected chi connectivity index (χ1v) is 14.0. The molecular weight excluding hydrogens is 522 g/mol. The Morgan fingerprint density at radius 3 is 2.18 bits per heavy atom. The lowest BCUT2D eigenvalue weighted by molar-refractivity contribution is -0.145. The molecule has 1 saturated heterocycles. The monoisotopic (exact) mass is 563 g/mol. The van der Waals surface area contributed by atoms with Gasteiger partial charge in [0.05, 0.1) is 17.8 Å². The lowest BCUT2D eigenvalue weighted by Crippen LogP contribution is -2.56. The van der Waals surface area contributed by atoms with Gasteiger partial charge >= 0.3 is 0 Å². The lowest BCUT2D eigenvalue weighted by atomic mass is 9.84. The Bertz CT molecular complexity index is 1040. The summed E-state index contributed by atoms with van der Waals surface area (Å²) >= 11 is 0.986. The van der Waals surface area contributed by atoms with Crippen molar-refractivity contribution in [3.8, 4) is 5.75 Å². The molecule has 4 atom stereocenters. The number of ether oxygens (including phenoxy) is 2. The Kier molecular flexibility index (Phi) is 12.0. The number of likely N-dealkylation sites (N-methyl/N-ethyl adjacent to an activating group) is 1. The number of hydrogen-bond donors (Lipinski definition) is 3. The van der Waals surface area contributed by atoms with E-state index in [-0.39, 0.29) is 42.0 Å². The van der Waals surface area contributed by atoms with Crippen LogP contribution in [0, 0.1) is 17.3 Å². The number of nitrogens with one attached hydrogen (secondary N) is 3. The van der Waals surface area contributed by atoms with E-state index < -0.39 is 34.6 Å². The highest BCUT2D eigenvalue weighted by Gasteiger charge is 2.38. The molecule has 1 aliphatic rings. The molecular formula is C28H41N3O7S. The van der Waals surface area contributed by atoms with Crippen molar-refractivity contribution in [1.29, 1.82) is 0 Å². The Balaban J connectivity index is 1.98. The van der Waals surface area contributed by atoms with E-state index in [0.29, 0.717) is 18.6 Å². The number of imide groups is 1. The summed E-state index contributed by atoms with van der Waals surface area (Å²) < 4.78 is 11.6. The van der Waals surface area contributed by atoms with Gasteiger partial charge in [-0.05, 0) is 48.8 Å². The van der Waals surface area contributed by atoms with Gasteiger partial charge < -0.3 is 20.1 Å². The van der Waals surface area contributed by atoms with Crippen molar-refractivity contribution in [2.24, 2.45) is 17.3 Å². The minimum atomic E-state index is -0.985. The van der Waals surface area contributed by atoms with E-state index in [9.17, 15) is 24.0 Å². The molecule has 10 nitrogen and oxygen atoms in total. The number of rotatable bonds is 14. The summed E-state index contributed by atoms with van der Waals surface area (Å²) in [5.41, 5.74) is 0.360. The van der Waals surface area contributed by atoms with Crippen molar-refractivity contribution >= 4 is 40.5 Å². The largest absolute Gasteiger partial charge is 0.491 e. The molecule has 3 unspecified atom stereocenters. The van der Waals surface area contributed by atoms with Gasteiger partial charge in [-0.3, -0.25) is 29.3 Å². The third-order valence-corrected chi connectivity index (χ3v) is 7.23. The van der Waals surface area contributed by atoms with Gasteiger partial charge in [-0.2, -0.15) is 0 Å². The fourth-order valence-corrected chi connectivity index (χ4v) is 5.12. The second-order valence-electron chi connectivity index (χ2n) is 11.1. The number of ketones is 1. The highest BCUT2D eigenvalue weighted by atomic mass is 32.2. The maximum Gasteiger partial charge on any atom is 0.286 e. The molecule has 0 bridgehead atoms. The van der Waals surface area contributed by atoms with Crippen LogP contribution in [0.3, 0.4) is 0 Å². The maximum absolute atomic E-state index is 13.4. The van der Waals surface area contributed by atoms with Gasteiger partial charge in [-0.25, -0.2) is 0 Å². The van der Waals surface area contributed by atoms with Crippen LogP contribution in [0.25, 0.3) is 0 Å². The topological polar surface area (TPSA) is 140 Å². The summed E-state index contributed by atoms with van der Waals surface area (Å²) in [5.74, 6) is -1.35. The highest BCUT2D eigenvalue weighted by molar-refractivity contribution is 8.15. The van der Waals surface area contributed by atoms with E-state index in [1.807, 2.05) is 46.8 Å². The average molecular weight is 564 g/mol. The number of amides is 4. The van der Waals surface area contributed by atoms with E-state index in [1.54, 1.807) is 12.1 Å². The smallest absolute Gasteiger partial charge is 0.286 e. The van der Waals surface area contributed by atoms with Crippen LogP contribution < -0.4 is 20.7 Å². The molecule has 2 rings (SSSR count). The van der Waals surface area contributed by atoms with Crippen LogP contribution >= 0.6 is 11.8 Å². The number of benzene rings is 1. The van der Waals surface area contributed by atoms with Crippen molar-refractivity contribution in [2.45, 2.75) is 71.8 Å².